The van der Waals surface area contributed by atoms with Crippen LogP contribution in [0.15, 0.2) is 30.3 Å². The van der Waals surface area contributed by atoms with Crippen LogP contribution >= 0.6 is 0 Å². The lowest BCUT2D eigenvalue weighted by Crippen LogP contribution is -2.34. The molecule has 1 N–H and O–H groups in total. The van der Waals surface area contributed by atoms with Gasteiger partial charge in [0.25, 0.3) is 0 Å². The average Bonchev–Trinajstić information content (AvgIpc) is 2.99. The summed E-state index contributed by atoms with van der Waals surface area (Å²) in [6.07, 6.45) is -0.451. The third-order valence-electron chi connectivity index (χ3n) is 5.13. The van der Waals surface area contributed by atoms with E-state index in [0.29, 0.717) is 132 Å². The number of para-hydroxylation sites is 1. The van der Waals surface area contributed by atoms with E-state index < -0.39 is 11.7 Å². The van der Waals surface area contributed by atoms with Gasteiger partial charge in [0.1, 0.15) is 18.0 Å². The van der Waals surface area contributed by atoms with Crippen LogP contribution in [0, 0.1) is 0 Å². The summed E-state index contributed by atoms with van der Waals surface area (Å²) >= 11 is 0. The zero-order valence-electron chi connectivity index (χ0n) is 26.9. The molecule has 1 aromatic rings. The Kier molecular flexibility index (Phi) is 26.9. The molecule has 0 spiro atoms. The second kappa shape index (κ2) is 29.6. The van der Waals surface area contributed by atoms with Crippen molar-refractivity contribution in [3.05, 3.63) is 30.3 Å². The first kappa shape index (κ1) is 40.0. The first-order valence-corrected chi connectivity index (χ1v) is 15.3. The summed E-state index contributed by atoms with van der Waals surface area (Å²) in [4.78, 5) is 11.5. The summed E-state index contributed by atoms with van der Waals surface area (Å²) < 4.78 is 59.8. The highest BCUT2D eigenvalue weighted by molar-refractivity contribution is 5.67. The maximum absolute atomic E-state index is 11.5. The molecule has 1 amide bonds. The molecule has 44 heavy (non-hydrogen) atoms. The van der Waals surface area contributed by atoms with Crippen LogP contribution in [0.2, 0.25) is 0 Å². The molecule has 0 bridgehead atoms. The number of amides is 1. The fourth-order valence-electron chi connectivity index (χ4n) is 3.14. The molecule has 0 aliphatic heterocycles. The molecule has 0 atom stereocenters. The van der Waals surface area contributed by atoms with Crippen molar-refractivity contribution in [1.29, 1.82) is 0 Å². The minimum absolute atomic E-state index is 0.384. The van der Waals surface area contributed by atoms with Crippen molar-refractivity contribution in [3.8, 4) is 5.75 Å². The Bertz CT molecular complexity index is 751. The van der Waals surface area contributed by atoms with Crippen molar-refractivity contribution in [2.45, 2.75) is 26.4 Å². The summed E-state index contributed by atoms with van der Waals surface area (Å²) in [6, 6.07) is 9.66. The summed E-state index contributed by atoms with van der Waals surface area (Å²) in [6.45, 7) is 15.2. The number of hydrogen-bond acceptors (Lipinski definition) is 12. The Morgan fingerprint density at radius 3 is 1.16 bits per heavy atom. The van der Waals surface area contributed by atoms with Gasteiger partial charge in [-0.15, -0.1) is 0 Å². The zero-order valence-corrected chi connectivity index (χ0v) is 26.9. The van der Waals surface area contributed by atoms with Crippen molar-refractivity contribution in [2.75, 3.05) is 132 Å². The Labute approximate surface area is 263 Å². The van der Waals surface area contributed by atoms with E-state index in [4.69, 9.17) is 52.1 Å². The van der Waals surface area contributed by atoms with Crippen LogP contribution in [0.4, 0.5) is 4.79 Å². The number of nitrogens with one attached hydrogen (secondary N) is 1. The van der Waals surface area contributed by atoms with E-state index in [2.05, 4.69) is 5.32 Å². The highest BCUT2D eigenvalue weighted by Gasteiger charge is 2.15. The van der Waals surface area contributed by atoms with E-state index >= 15 is 0 Å². The van der Waals surface area contributed by atoms with Gasteiger partial charge in [-0.2, -0.15) is 0 Å². The molecular weight excluding hydrogens is 578 g/mol. The summed E-state index contributed by atoms with van der Waals surface area (Å²) in [7, 11) is 0. The van der Waals surface area contributed by atoms with Gasteiger partial charge in [0.05, 0.1) is 119 Å². The maximum Gasteiger partial charge on any atom is 0.407 e. The average molecular weight is 634 g/mol. The molecule has 1 rings (SSSR count). The van der Waals surface area contributed by atoms with Crippen molar-refractivity contribution in [1.82, 2.24) is 5.32 Å². The van der Waals surface area contributed by atoms with Crippen molar-refractivity contribution in [3.63, 3.8) is 0 Å². The lowest BCUT2D eigenvalue weighted by Gasteiger charge is -2.19. The molecule has 1 aromatic carbocycles. The van der Waals surface area contributed by atoms with Crippen LogP contribution in [0.1, 0.15) is 20.8 Å². The number of carbonyl (C=O) groups is 1. The van der Waals surface area contributed by atoms with E-state index in [-0.39, 0.29) is 0 Å². The molecule has 13 nitrogen and oxygen atoms in total. The summed E-state index contributed by atoms with van der Waals surface area (Å²) in [5.41, 5.74) is -0.510. The monoisotopic (exact) mass is 633 g/mol. The third kappa shape index (κ3) is 30.0. The number of rotatable bonds is 31. The fraction of sp³-hybridized carbons (Fsp3) is 0.774. The lowest BCUT2D eigenvalue weighted by atomic mass is 10.2. The normalized spacial score (nSPS) is 11.5. The molecule has 0 saturated heterocycles. The van der Waals surface area contributed by atoms with Gasteiger partial charge in [0, 0.05) is 6.54 Å². The van der Waals surface area contributed by atoms with Crippen LogP contribution in [0.5, 0.6) is 5.75 Å². The second-order valence-electron chi connectivity index (χ2n) is 10.1. The first-order chi connectivity index (χ1) is 21.5. The van der Waals surface area contributed by atoms with Gasteiger partial charge in [-0.25, -0.2) is 4.79 Å². The van der Waals surface area contributed by atoms with Crippen LogP contribution < -0.4 is 10.1 Å². The van der Waals surface area contributed by atoms with Crippen LogP contribution in [-0.4, -0.2) is 144 Å². The third-order valence-corrected chi connectivity index (χ3v) is 5.13. The Morgan fingerprint density at radius 2 is 0.818 bits per heavy atom. The summed E-state index contributed by atoms with van der Waals surface area (Å²) in [5.74, 6) is 0.841. The number of benzene rings is 1. The quantitative estimate of drug-likeness (QED) is 0.121. The molecule has 0 heterocycles. The predicted molar refractivity (Wildman–Crippen MR) is 164 cm³/mol. The van der Waals surface area contributed by atoms with Crippen molar-refractivity contribution in [2.24, 2.45) is 0 Å². The summed E-state index contributed by atoms with van der Waals surface area (Å²) in [5, 5.41) is 2.63. The predicted octanol–water partition coefficient (Wildman–Crippen LogP) is 2.74. The highest BCUT2D eigenvalue weighted by Crippen LogP contribution is 2.07. The Hall–Kier alpha value is -2.07. The molecule has 0 fully saturated rings. The van der Waals surface area contributed by atoms with E-state index in [1.54, 1.807) is 0 Å². The van der Waals surface area contributed by atoms with Gasteiger partial charge >= 0.3 is 6.09 Å². The minimum atomic E-state index is -0.510. The Balaban J connectivity index is 1.64. The molecular formula is C31H55NO12. The van der Waals surface area contributed by atoms with Gasteiger partial charge in [-0.1, -0.05) is 18.2 Å². The molecule has 0 unspecified atom stereocenters. The molecule has 0 aromatic heterocycles. The van der Waals surface area contributed by atoms with Crippen molar-refractivity contribution >= 4 is 6.09 Å². The van der Waals surface area contributed by atoms with Gasteiger partial charge in [0.2, 0.25) is 0 Å². The van der Waals surface area contributed by atoms with Gasteiger partial charge in [0.15, 0.2) is 0 Å². The van der Waals surface area contributed by atoms with E-state index in [1.165, 1.54) is 0 Å². The standard InChI is InChI=1S/C31H55NO12/c1-31(2,3)44-30(33)32-9-10-34-11-12-35-13-14-36-15-16-37-17-18-38-19-20-39-21-22-40-23-24-41-25-26-42-27-28-43-29-7-5-4-6-8-29/h4-8H,9-28H2,1-3H3,(H,32,33). The van der Waals surface area contributed by atoms with Crippen LogP contribution in [-0.2, 0) is 47.4 Å². The van der Waals surface area contributed by atoms with Gasteiger partial charge in [-0.05, 0) is 32.9 Å². The van der Waals surface area contributed by atoms with Crippen molar-refractivity contribution < 1.29 is 56.9 Å². The van der Waals surface area contributed by atoms with Gasteiger partial charge in [-0.3, -0.25) is 0 Å². The number of hydrogen-bond donors (Lipinski definition) is 1. The maximum atomic E-state index is 11.5. The SMILES string of the molecule is CC(C)(C)OC(=O)NCCOCCOCCOCCOCCOCCOCCOCCOCCOCCOc1ccccc1. The number of ether oxygens (including phenoxy) is 11. The van der Waals surface area contributed by atoms with Gasteiger partial charge < -0.3 is 57.4 Å². The van der Waals surface area contributed by atoms with E-state index in [0.717, 1.165) is 5.75 Å². The zero-order chi connectivity index (χ0) is 31.8. The minimum Gasteiger partial charge on any atom is -0.491 e. The molecule has 13 heteroatoms. The first-order valence-electron chi connectivity index (χ1n) is 15.3. The van der Waals surface area contributed by atoms with E-state index in [1.807, 2.05) is 51.1 Å². The van der Waals surface area contributed by atoms with Crippen LogP contribution in [0.25, 0.3) is 0 Å². The number of alkyl carbamates (subject to hydrolysis) is 1. The largest absolute Gasteiger partial charge is 0.491 e. The van der Waals surface area contributed by atoms with E-state index in [9.17, 15) is 4.79 Å². The number of carbonyl (C=O) groups excluding carboxylic acids is 1. The second-order valence-corrected chi connectivity index (χ2v) is 10.1. The molecule has 0 saturated carbocycles. The molecule has 0 radical (unpaired) electrons. The molecule has 0 aliphatic rings. The molecule has 256 valence electrons. The smallest absolute Gasteiger partial charge is 0.407 e. The highest BCUT2D eigenvalue weighted by atomic mass is 16.6. The topological polar surface area (TPSA) is 131 Å². The molecule has 0 aliphatic carbocycles. The van der Waals surface area contributed by atoms with Crippen LogP contribution in [0.3, 0.4) is 0 Å². The Morgan fingerprint density at radius 1 is 0.500 bits per heavy atom. The lowest BCUT2D eigenvalue weighted by molar-refractivity contribution is -0.0253. The fourth-order valence-corrected chi connectivity index (χ4v) is 3.14.